The molecule has 2 aromatic carbocycles. The van der Waals surface area contributed by atoms with Crippen molar-refractivity contribution in [2.24, 2.45) is 0 Å². The average molecular weight is 477 g/mol. The predicted molar refractivity (Wildman–Crippen MR) is 121 cm³/mol. The number of hydrogen-bond donors (Lipinski definition) is 1. The number of ether oxygens (including phenoxy) is 2. The fraction of sp³-hybridized carbons (Fsp3) is 0.391. The van der Waals surface area contributed by atoms with Crippen LogP contribution in [0.4, 0.5) is 0 Å². The van der Waals surface area contributed by atoms with Crippen LogP contribution in [-0.4, -0.2) is 43.5 Å². The van der Waals surface area contributed by atoms with Gasteiger partial charge in [-0.1, -0.05) is 32.0 Å². The lowest BCUT2D eigenvalue weighted by molar-refractivity contribution is -0.142. The van der Waals surface area contributed by atoms with Gasteiger partial charge >= 0.3 is 0 Å². The van der Waals surface area contributed by atoms with Gasteiger partial charge in [0.15, 0.2) is 6.61 Å². The molecule has 1 atom stereocenters. The van der Waals surface area contributed by atoms with Crippen molar-refractivity contribution in [2.45, 2.75) is 39.3 Å². The second-order valence-electron chi connectivity index (χ2n) is 6.82. The molecule has 0 bridgehead atoms. The van der Waals surface area contributed by atoms with Gasteiger partial charge in [-0.15, -0.1) is 0 Å². The summed E-state index contributed by atoms with van der Waals surface area (Å²) in [6.07, 6.45) is 1.40. The number of hydrogen-bond acceptors (Lipinski definition) is 4. The van der Waals surface area contributed by atoms with Gasteiger partial charge in [0.05, 0.1) is 11.6 Å². The number of methoxy groups -OCH3 is 1. The normalized spacial score (nSPS) is 11.5. The fourth-order valence-electron chi connectivity index (χ4n) is 3.16. The van der Waals surface area contributed by atoms with E-state index in [4.69, 9.17) is 9.47 Å². The molecule has 2 rings (SSSR count). The topological polar surface area (TPSA) is 67.9 Å². The number of carbonyl (C=O) groups excluding carboxylic acids is 2. The van der Waals surface area contributed by atoms with Crippen LogP contribution < -0.4 is 14.8 Å². The smallest absolute Gasteiger partial charge is 0.261 e. The molecule has 0 aliphatic carbocycles. The largest absolute Gasteiger partial charge is 0.497 e. The van der Waals surface area contributed by atoms with E-state index in [0.717, 1.165) is 16.5 Å². The van der Waals surface area contributed by atoms with E-state index in [9.17, 15) is 9.59 Å². The van der Waals surface area contributed by atoms with E-state index in [1.807, 2.05) is 49.4 Å². The zero-order valence-corrected chi connectivity index (χ0v) is 19.5. The van der Waals surface area contributed by atoms with E-state index in [0.29, 0.717) is 17.9 Å². The van der Waals surface area contributed by atoms with Crippen molar-refractivity contribution >= 4 is 27.7 Å². The Morgan fingerprint density at radius 3 is 2.50 bits per heavy atom. The number of amides is 2. The van der Waals surface area contributed by atoms with Crippen LogP contribution in [-0.2, 0) is 22.6 Å². The second-order valence-corrected chi connectivity index (χ2v) is 7.67. The number of halogens is 1. The molecule has 0 saturated carbocycles. The molecule has 2 amide bonds. The van der Waals surface area contributed by atoms with Crippen LogP contribution in [0, 0.1) is 0 Å². The minimum Gasteiger partial charge on any atom is -0.497 e. The number of benzene rings is 2. The SMILES string of the molecule is CCc1ccc(OCC(=O)N(Cc2cccc(OC)c2)[C@H](CC)C(=O)NC)c(Br)c1. The molecule has 0 aliphatic heterocycles. The van der Waals surface area contributed by atoms with Crippen LogP contribution in [0.3, 0.4) is 0 Å². The van der Waals surface area contributed by atoms with Gasteiger partial charge in [0, 0.05) is 13.6 Å². The van der Waals surface area contributed by atoms with Gasteiger partial charge < -0.3 is 19.7 Å². The van der Waals surface area contributed by atoms with E-state index >= 15 is 0 Å². The van der Waals surface area contributed by atoms with E-state index in [2.05, 4.69) is 28.2 Å². The van der Waals surface area contributed by atoms with Crippen molar-refractivity contribution in [3.05, 3.63) is 58.1 Å². The van der Waals surface area contributed by atoms with E-state index in [1.54, 1.807) is 19.1 Å². The highest BCUT2D eigenvalue weighted by molar-refractivity contribution is 9.10. The Morgan fingerprint density at radius 2 is 1.90 bits per heavy atom. The molecule has 2 aromatic rings. The molecule has 0 fully saturated rings. The molecule has 0 aromatic heterocycles. The summed E-state index contributed by atoms with van der Waals surface area (Å²) in [7, 11) is 3.17. The minimum absolute atomic E-state index is 0.165. The van der Waals surface area contributed by atoms with Gasteiger partial charge in [-0.25, -0.2) is 0 Å². The second kappa shape index (κ2) is 11.6. The van der Waals surface area contributed by atoms with E-state index in [-0.39, 0.29) is 25.0 Å². The van der Waals surface area contributed by atoms with E-state index < -0.39 is 6.04 Å². The highest BCUT2D eigenvalue weighted by Crippen LogP contribution is 2.26. The molecule has 162 valence electrons. The van der Waals surface area contributed by atoms with Crippen LogP contribution in [0.5, 0.6) is 11.5 Å². The summed E-state index contributed by atoms with van der Waals surface area (Å²) in [5.74, 6) is 0.820. The summed E-state index contributed by atoms with van der Waals surface area (Å²) in [6, 6.07) is 12.7. The zero-order chi connectivity index (χ0) is 22.1. The Balaban J connectivity index is 2.21. The van der Waals surface area contributed by atoms with Crippen molar-refractivity contribution in [3.8, 4) is 11.5 Å². The predicted octanol–water partition coefficient (Wildman–Crippen LogP) is 3.95. The first-order chi connectivity index (χ1) is 14.4. The van der Waals surface area contributed by atoms with Crippen molar-refractivity contribution in [2.75, 3.05) is 20.8 Å². The number of aryl methyl sites for hydroxylation is 1. The van der Waals surface area contributed by atoms with Gasteiger partial charge in [0.1, 0.15) is 17.5 Å². The van der Waals surface area contributed by atoms with Crippen LogP contribution in [0.25, 0.3) is 0 Å². The summed E-state index contributed by atoms with van der Waals surface area (Å²) >= 11 is 3.49. The first-order valence-corrected chi connectivity index (χ1v) is 10.8. The quantitative estimate of drug-likeness (QED) is 0.563. The third kappa shape index (κ3) is 6.23. The lowest BCUT2D eigenvalue weighted by Crippen LogP contribution is -2.49. The highest BCUT2D eigenvalue weighted by atomic mass is 79.9. The van der Waals surface area contributed by atoms with Gasteiger partial charge in [0.25, 0.3) is 5.91 Å². The first-order valence-electron chi connectivity index (χ1n) is 9.98. The van der Waals surface area contributed by atoms with Crippen molar-refractivity contribution in [1.82, 2.24) is 10.2 Å². The van der Waals surface area contributed by atoms with E-state index in [1.165, 1.54) is 5.56 Å². The summed E-state index contributed by atoms with van der Waals surface area (Å²) < 4.78 is 11.9. The van der Waals surface area contributed by atoms with Gasteiger partial charge in [-0.3, -0.25) is 9.59 Å². The number of carbonyl (C=O) groups is 2. The highest BCUT2D eigenvalue weighted by Gasteiger charge is 2.28. The number of nitrogens with one attached hydrogen (secondary N) is 1. The summed E-state index contributed by atoms with van der Waals surface area (Å²) in [6.45, 7) is 4.07. The van der Waals surface area contributed by atoms with Gasteiger partial charge in [0.2, 0.25) is 5.91 Å². The average Bonchev–Trinajstić information content (AvgIpc) is 2.77. The number of rotatable bonds is 10. The molecule has 1 N–H and O–H groups in total. The molecule has 0 saturated heterocycles. The Kier molecular flexibility index (Phi) is 9.17. The Labute approximate surface area is 186 Å². The standard InChI is InChI=1S/C23H29BrN2O4/c1-5-16-10-11-21(19(24)13-16)30-15-22(27)26(20(6-2)23(28)25-3)14-17-8-7-9-18(12-17)29-4/h7-13,20H,5-6,14-15H2,1-4H3,(H,25,28)/t20-/m1/s1. The first kappa shape index (κ1) is 23.7. The Morgan fingerprint density at radius 1 is 1.13 bits per heavy atom. The van der Waals surface area contributed by atoms with Gasteiger partial charge in [-0.05, 0) is 64.2 Å². The molecule has 0 aliphatic rings. The lowest BCUT2D eigenvalue weighted by atomic mass is 10.1. The van der Waals surface area contributed by atoms with Crippen molar-refractivity contribution in [3.63, 3.8) is 0 Å². The minimum atomic E-state index is -0.594. The molecular formula is C23H29BrN2O4. The van der Waals surface area contributed by atoms with Crippen LogP contribution >= 0.6 is 15.9 Å². The maximum absolute atomic E-state index is 13.1. The molecule has 30 heavy (non-hydrogen) atoms. The van der Waals surface area contributed by atoms with Gasteiger partial charge in [-0.2, -0.15) is 0 Å². The molecule has 0 radical (unpaired) electrons. The maximum atomic E-state index is 13.1. The Bertz CT molecular complexity index is 872. The van der Waals surface area contributed by atoms with Crippen molar-refractivity contribution in [1.29, 1.82) is 0 Å². The summed E-state index contributed by atoms with van der Waals surface area (Å²) in [5, 5.41) is 2.65. The Hall–Kier alpha value is -2.54. The van der Waals surface area contributed by atoms with Crippen LogP contribution in [0.1, 0.15) is 31.4 Å². The maximum Gasteiger partial charge on any atom is 0.261 e. The molecular weight excluding hydrogens is 448 g/mol. The number of likely N-dealkylation sites (N-methyl/N-ethyl adjacent to an activating group) is 1. The van der Waals surface area contributed by atoms with Crippen LogP contribution in [0.15, 0.2) is 46.9 Å². The molecule has 6 nitrogen and oxygen atoms in total. The third-order valence-corrected chi connectivity index (χ3v) is 5.49. The number of nitrogens with zero attached hydrogens (tertiary/aromatic N) is 1. The molecule has 0 spiro atoms. The lowest BCUT2D eigenvalue weighted by Gasteiger charge is -2.30. The monoisotopic (exact) mass is 476 g/mol. The third-order valence-electron chi connectivity index (χ3n) is 4.88. The van der Waals surface area contributed by atoms with Crippen molar-refractivity contribution < 1.29 is 19.1 Å². The molecule has 7 heteroatoms. The molecule has 0 unspecified atom stereocenters. The van der Waals surface area contributed by atoms with Crippen LogP contribution in [0.2, 0.25) is 0 Å². The summed E-state index contributed by atoms with van der Waals surface area (Å²) in [5.41, 5.74) is 2.05. The zero-order valence-electron chi connectivity index (χ0n) is 17.9. The summed E-state index contributed by atoms with van der Waals surface area (Å²) in [4.78, 5) is 27.1. The molecule has 0 heterocycles. The fourth-order valence-corrected chi connectivity index (χ4v) is 3.70.